The molecular formula is C17H21N3O5. The quantitative estimate of drug-likeness (QED) is 0.624. The average molecular weight is 347 g/mol. The molecule has 0 aromatic heterocycles. The van der Waals surface area contributed by atoms with E-state index >= 15 is 0 Å². The molecule has 1 aromatic carbocycles. The van der Waals surface area contributed by atoms with Gasteiger partial charge in [-0.1, -0.05) is 30.3 Å². The standard InChI is InChI=1S/C17H21N3O5/c1-17(2)15(23)20(16(24)18-17)10-12(21)25-13(14(22)19(3)4)11-8-6-5-7-9-11/h5-9,13H,10H2,1-4H3,(H,18,24)/t13-/m1/s1. The lowest BCUT2D eigenvalue weighted by Gasteiger charge is -2.22. The van der Waals surface area contributed by atoms with Crippen molar-refractivity contribution in [2.75, 3.05) is 20.6 Å². The minimum atomic E-state index is -1.14. The summed E-state index contributed by atoms with van der Waals surface area (Å²) >= 11 is 0. The van der Waals surface area contributed by atoms with Crippen molar-refractivity contribution in [1.82, 2.24) is 15.1 Å². The highest BCUT2D eigenvalue weighted by Gasteiger charge is 2.45. The molecule has 1 aliphatic heterocycles. The maximum absolute atomic E-state index is 12.3. The van der Waals surface area contributed by atoms with Crippen molar-refractivity contribution in [2.24, 2.45) is 0 Å². The maximum Gasteiger partial charge on any atom is 0.327 e. The molecule has 1 heterocycles. The van der Waals surface area contributed by atoms with Crippen LogP contribution in [0.3, 0.4) is 0 Å². The second-order valence-electron chi connectivity index (χ2n) is 6.46. The minimum absolute atomic E-state index is 0.419. The van der Waals surface area contributed by atoms with Crippen molar-refractivity contribution in [2.45, 2.75) is 25.5 Å². The van der Waals surface area contributed by atoms with Crippen molar-refractivity contribution in [3.63, 3.8) is 0 Å². The maximum atomic E-state index is 12.3. The fourth-order valence-corrected chi connectivity index (χ4v) is 2.38. The van der Waals surface area contributed by atoms with E-state index in [-0.39, 0.29) is 0 Å². The Kier molecular flexibility index (Phi) is 5.10. The van der Waals surface area contributed by atoms with Crippen molar-refractivity contribution in [3.8, 4) is 0 Å². The van der Waals surface area contributed by atoms with Crippen LogP contribution in [0.15, 0.2) is 30.3 Å². The largest absolute Gasteiger partial charge is 0.446 e. The number of benzene rings is 1. The Morgan fingerprint density at radius 3 is 2.28 bits per heavy atom. The Morgan fingerprint density at radius 2 is 1.80 bits per heavy atom. The number of nitrogens with one attached hydrogen (secondary N) is 1. The molecule has 1 saturated heterocycles. The third-order valence-electron chi connectivity index (χ3n) is 3.75. The molecule has 1 fully saturated rings. The first-order valence-electron chi connectivity index (χ1n) is 7.73. The number of esters is 1. The van der Waals surface area contributed by atoms with Crippen LogP contribution in [0.1, 0.15) is 25.5 Å². The highest BCUT2D eigenvalue weighted by molar-refractivity contribution is 6.08. The topological polar surface area (TPSA) is 96.0 Å². The number of hydrogen-bond donors (Lipinski definition) is 1. The lowest BCUT2D eigenvalue weighted by atomic mass is 10.1. The van der Waals surface area contributed by atoms with Crippen molar-refractivity contribution in [3.05, 3.63) is 35.9 Å². The van der Waals surface area contributed by atoms with Crippen LogP contribution in [0.25, 0.3) is 0 Å². The van der Waals surface area contributed by atoms with Crippen LogP contribution >= 0.6 is 0 Å². The summed E-state index contributed by atoms with van der Waals surface area (Å²) in [6.07, 6.45) is -1.14. The van der Waals surface area contributed by atoms with Gasteiger partial charge in [0.05, 0.1) is 0 Å². The van der Waals surface area contributed by atoms with E-state index < -0.39 is 42.0 Å². The second-order valence-corrected chi connectivity index (χ2v) is 6.46. The van der Waals surface area contributed by atoms with E-state index in [0.717, 1.165) is 4.90 Å². The van der Waals surface area contributed by atoms with Crippen LogP contribution in [0.5, 0.6) is 0 Å². The van der Waals surface area contributed by atoms with E-state index in [1.54, 1.807) is 58.3 Å². The summed E-state index contributed by atoms with van der Waals surface area (Å²) in [6.45, 7) is 2.53. The zero-order valence-electron chi connectivity index (χ0n) is 14.6. The molecule has 0 spiro atoms. The average Bonchev–Trinajstić information content (AvgIpc) is 2.74. The lowest BCUT2D eigenvalue weighted by Crippen LogP contribution is -2.41. The van der Waals surface area contributed by atoms with Crippen LogP contribution in [-0.2, 0) is 19.1 Å². The highest BCUT2D eigenvalue weighted by Crippen LogP contribution is 2.21. The zero-order valence-corrected chi connectivity index (χ0v) is 14.6. The van der Waals surface area contributed by atoms with Crippen LogP contribution < -0.4 is 5.32 Å². The first kappa shape index (κ1) is 18.4. The molecule has 0 unspecified atom stereocenters. The van der Waals surface area contributed by atoms with Gasteiger partial charge in [-0.3, -0.25) is 19.3 Å². The van der Waals surface area contributed by atoms with Gasteiger partial charge in [-0.2, -0.15) is 0 Å². The molecule has 1 N–H and O–H groups in total. The number of imide groups is 1. The highest BCUT2D eigenvalue weighted by atomic mass is 16.5. The molecule has 1 atom stereocenters. The van der Waals surface area contributed by atoms with E-state index in [9.17, 15) is 19.2 Å². The molecule has 0 aliphatic carbocycles. The molecular weight excluding hydrogens is 326 g/mol. The first-order chi connectivity index (χ1) is 11.6. The summed E-state index contributed by atoms with van der Waals surface area (Å²) in [6, 6.07) is 7.88. The number of rotatable bonds is 5. The lowest BCUT2D eigenvalue weighted by molar-refractivity contribution is -0.161. The molecule has 2 rings (SSSR count). The monoisotopic (exact) mass is 347 g/mol. The van der Waals surface area contributed by atoms with Crippen LogP contribution in [0.2, 0.25) is 0 Å². The fourth-order valence-electron chi connectivity index (χ4n) is 2.38. The first-order valence-corrected chi connectivity index (χ1v) is 7.73. The summed E-state index contributed by atoms with van der Waals surface area (Å²) < 4.78 is 5.28. The number of ether oxygens (including phenoxy) is 1. The number of amides is 4. The van der Waals surface area contributed by atoms with Crippen LogP contribution in [0.4, 0.5) is 4.79 Å². The van der Waals surface area contributed by atoms with E-state index in [0.29, 0.717) is 5.56 Å². The van der Waals surface area contributed by atoms with Gasteiger partial charge in [0, 0.05) is 19.7 Å². The van der Waals surface area contributed by atoms with Gasteiger partial charge >= 0.3 is 12.0 Å². The summed E-state index contributed by atoms with van der Waals surface area (Å²) in [4.78, 5) is 50.6. The summed E-state index contributed by atoms with van der Waals surface area (Å²) in [7, 11) is 3.10. The van der Waals surface area contributed by atoms with Gasteiger partial charge in [0.2, 0.25) is 6.10 Å². The predicted molar refractivity (Wildman–Crippen MR) is 88.3 cm³/mol. The molecule has 1 aromatic rings. The third-order valence-corrected chi connectivity index (χ3v) is 3.75. The van der Waals surface area contributed by atoms with E-state index in [4.69, 9.17) is 4.74 Å². The SMILES string of the molecule is CN(C)C(=O)[C@H](OC(=O)CN1C(=O)NC(C)(C)C1=O)c1ccccc1. The minimum Gasteiger partial charge on any atom is -0.446 e. The molecule has 0 radical (unpaired) electrons. The van der Waals surface area contributed by atoms with Crippen molar-refractivity contribution >= 4 is 23.8 Å². The summed E-state index contributed by atoms with van der Waals surface area (Å²) in [5.74, 6) is -1.79. The number of likely N-dealkylation sites (N-methyl/N-ethyl adjacent to an activating group) is 1. The molecule has 1 aliphatic rings. The number of hydrogen-bond acceptors (Lipinski definition) is 5. The van der Waals surface area contributed by atoms with Crippen LogP contribution in [-0.4, -0.2) is 59.8 Å². The molecule has 4 amide bonds. The van der Waals surface area contributed by atoms with Gasteiger partial charge in [0.25, 0.3) is 11.8 Å². The normalized spacial score (nSPS) is 17.0. The number of carbonyl (C=O) groups is 4. The molecule has 8 heteroatoms. The van der Waals surface area contributed by atoms with E-state index in [1.165, 1.54) is 4.90 Å². The zero-order chi connectivity index (χ0) is 18.8. The number of nitrogens with zero attached hydrogens (tertiary/aromatic N) is 2. The van der Waals surface area contributed by atoms with E-state index in [2.05, 4.69) is 5.32 Å². The Hall–Kier alpha value is -2.90. The van der Waals surface area contributed by atoms with Crippen molar-refractivity contribution in [1.29, 1.82) is 0 Å². The predicted octanol–water partition coefficient (Wildman–Crippen LogP) is 0.690. The van der Waals surface area contributed by atoms with Crippen molar-refractivity contribution < 1.29 is 23.9 Å². The Morgan fingerprint density at radius 1 is 1.20 bits per heavy atom. The van der Waals surface area contributed by atoms with Gasteiger partial charge < -0.3 is 15.0 Å². The van der Waals surface area contributed by atoms with Gasteiger partial charge in [0.1, 0.15) is 12.1 Å². The molecule has 25 heavy (non-hydrogen) atoms. The molecule has 8 nitrogen and oxygen atoms in total. The molecule has 0 saturated carbocycles. The van der Waals surface area contributed by atoms with Gasteiger partial charge in [-0.15, -0.1) is 0 Å². The number of carbonyl (C=O) groups excluding carboxylic acids is 4. The summed E-state index contributed by atoms with van der Waals surface area (Å²) in [5, 5.41) is 2.48. The Labute approximate surface area is 145 Å². The Balaban J connectivity index is 2.14. The number of urea groups is 1. The second kappa shape index (κ2) is 6.92. The Bertz CT molecular complexity index is 699. The van der Waals surface area contributed by atoms with Gasteiger partial charge in [0.15, 0.2) is 0 Å². The third kappa shape index (κ3) is 3.96. The van der Waals surface area contributed by atoms with Gasteiger partial charge in [-0.25, -0.2) is 4.79 Å². The molecule has 0 bridgehead atoms. The van der Waals surface area contributed by atoms with Gasteiger partial charge in [-0.05, 0) is 13.8 Å². The fraction of sp³-hybridized carbons (Fsp3) is 0.412. The van der Waals surface area contributed by atoms with E-state index in [1.807, 2.05) is 0 Å². The smallest absolute Gasteiger partial charge is 0.327 e. The molecule has 134 valence electrons. The van der Waals surface area contributed by atoms with Crippen LogP contribution in [0, 0.1) is 0 Å². The summed E-state index contributed by atoms with van der Waals surface area (Å²) in [5.41, 5.74) is -0.567.